The zero-order valence-electron chi connectivity index (χ0n) is 31.9. The molecule has 4 N–H and O–H groups in total. The summed E-state index contributed by atoms with van der Waals surface area (Å²) in [5.41, 5.74) is -1.53. The highest BCUT2D eigenvalue weighted by atomic mass is 32.2. The van der Waals surface area contributed by atoms with E-state index in [1.807, 2.05) is 62.3 Å². The minimum atomic E-state index is -3.74. The molecule has 3 fully saturated rings. The van der Waals surface area contributed by atoms with Crippen molar-refractivity contribution in [1.82, 2.24) is 34.8 Å². The van der Waals surface area contributed by atoms with Crippen molar-refractivity contribution in [3.8, 4) is 0 Å². The number of carbonyl (C=O) groups excluding carboxylic acids is 5. The molecule has 0 aromatic carbocycles. The van der Waals surface area contributed by atoms with Gasteiger partial charge in [-0.2, -0.15) is 17.0 Å². The molecule has 2 saturated carbocycles. The number of nitrogens with zero attached hydrogens (tertiary/aromatic N) is 3. The number of Topliss-reactive ketones (excluding diaryl/α,β-unsaturated/α-hetero) is 1. The molecule has 14 nitrogen and oxygen atoms in total. The highest BCUT2D eigenvalue weighted by Gasteiger charge is 2.70. The number of piperidine rings is 1. The fraction of sp³-hybridized carbons (Fsp3) is 0.800. The van der Waals surface area contributed by atoms with Crippen LogP contribution in [0.1, 0.15) is 88.0 Å². The number of carbonyl (C=O) groups is 5. The first kappa shape index (κ1) is 41.4. The topological polar surface area (TPSA) is 177 Å². The van der Waals surface area contributed by atoms with Crippen molar-refractivity contribution in [2.75, 3.05) is 33.7 Å². The second kappa shape index (κ2) is 15.3. The van der Waals surface area contributed by atoms with Crippen LogP contribution in [0.3, 0.4) is 0 Å². The normalized spacial score (nSPS) is 23.4. The zero-order chi connectivity index (χ0) is 38.1. The van der Waals surface area contributed by atoms with Crippen LogP contribution >= 0.6 is 0 Å². The molecule has 3 aliphatic rings. The number of likely N-dealkylation sites (N-methyl/N-ethyl adjacent to an activating group) is 1. The molecular formula is C35H61N7O7S. The van der Waals surface area contributed by atoms with Crippen LogP contribution in [-0.2, 0) is 29.4 Å². The fourth-order valence-corrected chi connectivity index (χ4v) is 8.28. The van der Waals surface area contributed by atoms with E-state index in [1.165, 1.54) is 26.6 Å². The van der Waals surface area contributed by atoms with E-state index >= 15 is 0 Å². The predicted molar refractivity (Wildman–Crippen MR) is 192 cm³/mol. The standard InChI is InChI=1S/C35H61N7O7S/c1-13-15-23(27(43)30(45)36-18-14-2)37-29(44)26-25-22(35(25,9)10)19-42(26)31(46)28(34(6,7)8)39-32(47)38-24(33(3,4)5)20-40(11)50(48,49)41(12)21-16-17-21/h14,21-26,28H,2,13,15-20H2,1,3-12H3,(H,36,45)(H,37,44)(H2,38,39,47)/t22-,23?,24+,25-,26-,28+/m0/s1. The van der Waals surface area contributed by atoms with Crippen molar-refractivity contribution in [2.24, 2.45) is 28.1 Å². The molecule has 1 saturated heterocycles. The van der Waals surface area contributed by atoms with Gasteiger partial charge in [-0.15, -0.1) is 6.58 Å². The van der Waals surface area contributed by atoms with Gasteiger partial charge in [-0.05, 0) is 47.3 Å². The molecule has 0 spiro atoms. The lowest BCUT2D eigenvalue weighted by Gasteiger charge is -2.39. The number of hydrogen-bond acceptors (Lipinski definition) is 7. The maximum atomic E-state index is 14.4. The third-order valence-corrected chi connectivity index (χ3v) is 12.6. The molecule has 2 aliphatic carbocycles. The molecule has 284 valence electrons. The van der Waals surface area contributed by atoms with Crippen LogP contribution in [-0.4, -0.2) is 115 Å². The van der Waals surface area contributed by atoms with Gasteiger partial charge >= 0.3 is 6.03 Å². The van der Waals surface area contributed by atoms with Gasteiger partial charge in [0.25, 0.3) is 16.1 Å². The Morgan fingerprint density at radius 1 is 0.980 bits per heavy atom. The second-order valence-corrected chi connectivity index (χ2v) is 19.1. The van der Waals surface area contributed by atoms with Gasteiger partial charge in [0.05, 0.1) is 6.04 Å². The van der Waals surface area contributed by atoms with Gasteiger partial charge < -0.3 is 26.2 Å². The van der Waals surface area contributed by atoms with Gasteiger partial charge in [0, 0.05) is 45.8 Å². The van der Waals surface area contributed by atoms with Crippen LogP contribution in [0.25, 0.3) is 0 Å². The number of rotatable bonds is 16. The quantitative estimate of drug-likeness (QED) is 0.139. The van der Waals surface area contributed by atoms with E-state index < -0.39 is 74.7 Å². The lowest BCUT2D eigenvalue weighted by Crippen LogP contribution is -2.63. The third-order valence-electron chi connectivity index (χ3n) is 10.6. The lowest BCUT2D eigenvalue weighted by molar-refractivity contribution is -0.145. The van der Waals surface area contributed by atoms with E-state index in [0.717, 1.165) is 12.8 Å². The molecule has 50 heavy (non-hydrogen) atoms. The molecule has 1 unspecified atom stereocenters. The first-order valence-electron chi connectivity index (χ1n) is 17.7. The van der Waals surface area contributed by atoms with E-state index in [4.69, 9.17) is 0 Å². The number of urea groups is 1. The summed E-state index contributed by atoms with van der Waals surface area (Å²) in [6.45, 7) is 21.1. The molecule has 0 radical (unpaired) electrons. The van der Waals surface area contributed by atoms with Crippen LogP contribution in [0.5, 0.6) is 0 Å². The largest absolute Gasteiger partial charge is 0.346 e. The smallest absolute Gasteiger partial charge is 0.315 e. The van der Waals surface area contributed by atoms with Crippen molar-refractivity contribution in [2.45, 2.75) is 118 Å². The minimum absolute atomic E-state index is 0.0144. The average molecular weight is 724 g/mol. The summed E-state index contributed by atoms with van der Waals surface area (Å²) < 4.78 is 29.0. The zero-order valence-corrected chi connectivity index (χ0v) is 32.7. The molecule has 0 aromatic rings. The SMILES string of the molecule is C=CCNC(=O)C(=O)C(CCC)NC(=O)[C@@H]1[C@@H]2[C@H](CN1C(=O)[C@@H](NC(=O)N[C@H](CN(C)S(=O)(=O)N(C)C1CC1)C(C)(C)C)C(C)(C)C)C2(C)C. The predicted octanol–water partition coefficient (Wildman–Crippen LogP) is 2.03. The maximum absolute atomic E-state index is 14.4. The summed E-state index contributed by atoms with van der Waals surface area (Å²) in [5.74, 6) is -2.64. The van der Waals surface area contributed by atoms with Crippen LogP contribution in [0.15, 0.2) is 12.7 Å². The molecule has 0 bridgehead atoms. The molecule has 3 rings (SSSR count). The summed E-state index contributed by atoms with van der Waals surface area (Å²) in [7, 11) is -0.684. The number of fused-ring (bicyclic) bond motifs is 1. The van der Waals surface area contributed by atoms with Crippen molar-refractivity contribution in [1.29, 1.82) is 0 Å². The maximum Gasteiger partial charge on any atom is 0.315 e. The van der Waals surface area contributed by atoms with Crippen LogP contribution in [0, 0.1) is 28.1 Å². The first-order valence-corrected chi connectivity index (χ1v) is 19.1. The Hall–Kier alpha value is -3.04. The molecule has 1 heterocycles. The molecule has 1 aliphatic heterocycles. The fourth-order valence-electron chi connectivity index (χ4n) is 6.92. The lowest BCUT2D eigenvalue weighted by atomic mass is 9.85. The second-order valence-electron chi connectivity index (χ2n) is 17.0. The summed E-state index contributed by atoms with van der Waals surface area (Å²) in [5, 5.41) is 11.0. The third kappa shape index (κ3) is 9.24. The summed E-state index contributed by atoms with van der Waals surface area (Å²) >= 11 is 0. The number of nitrogens with one attached hydrogen (secondary N) is 4. The Kier molecular flexibility index (Phi) is 12.7. The number of hydrogen-bond donors (Lipinski definition) is 4. The van der Waals surface area contributed by atoms with E-state index in [1.54, 1.807) is 7.05 Å². The summed E-state index contributed by atoms with van der Waals surface area (Å²) in [6.07, 6.45) is 3.88. The van der Waals surface area contributed by atoms with Crippen molar-refractivity contribution < 1.29 is 32.4 Å². The van der Waals surface area contributed by atoms with E-state index in [9.17, 15) is 32.4 Å². The van der Waals surface area contributed by atoms with Crippen molar-refractivity contribution in [3.05, 3.63) is 12.7 Å². The van der Waals surface area contributed by atoms with Gasteiger partial charge in [0.15, 0.2) is 0 Å². The summed E-state index contributed by atoms with van der Waals surface area (Å²) in [6, 6.07) is -4.26. The van der Waals surface area contributed by atoms with Crippen LogP contribution < -0.4 is 21.3 Å². The summed E-state index contributed by atoms with van der Waals surface area (Å²) in [4.78, 5) is 69.0. The van der Waals surface area contributed by atoms with E-state index in [-0.39, 0.29) is 42.8 Å². The number of amides is 5. The number of ketones is 1. The minimum Gasteiger partial charge on any atom is -0.346 e. The monoisotopic (exact) mass is 723 g/mol. The van der Waals surface area contributed by atoms with E-state index in [2.05, 4.69) is 27.8 Å². The first-order chi connectivity index (χ1) is 22.9. The molecule has 5 amide bonds. The molecule has 0 aromatic heterocycles. The van der Waals surface area contributed by atoms with Gasteiger partial charge in [-0.1, -0.05) is 74.8 Å². The highest BCUT2D eigenvalue weighted by molar-refractivity contribution is 7.86. The average Bonchev–Trinajstić information content (AvgIpc) is 3.88. The Balaban J connectivity index is 1.81. The van der Waals surface area contributed by atoms with Gasteiger partial charge in [-0.25, -0.2) is 4.79 Å². The van der Waals surface area contributed by atoms with Crippen LogP contribution in [0.4, 0.5) is 4.79 Å². The van der Waals surface area contributed by atoms with Crippen molar-refractivity contribution in [3.63, 3.8) is 0 Å². The van der Waals surface area contributed by atoms with Crippen molar-refractivity contribution >= 4 is 39.7 Å². The Labute approximate surface area is 299 Å². The number of likely N-dealkylation sites (tertiary alicyclic amines) is 1. The van der Waals surface area contributed by atoms with Gasteiger partial charge in [0.2, 0.25) is 17.6 Å². The van der Waals surface area contributed by atoms with E-state index in [0.29, 0.717) is 13.0 Å². The van der Waals surface area contributed by atoms with Crippen LogP contribution in [0.2, 0.25) is 0 Å². The molecule has 15 heteroatoms. The van der Waals surface area contributed by atoms with Gasteiger partial charge in [-0.3, -0.25) is 19.2 Å². The molecule has 6 atom stereocenters. The Morgan fingerprint density at radius 3 is 2.08 bits per heavy atom. The Bertz CT molecular complexity index is 1430. The molecular weight excluding hydrogens is 662 g/mol. The van der Waals surface area contributed by atoms with Gasteiger partial charge in [0.1, 0.15) is 12.1 Å². The highest BCUT2D eigenvalue weighted by Crippen LogP contribution is 2.65. The Morgan fingerprint density at radius 2 is 1.58 bits per heavy atom.